The number of amides is 1. The van der Waals surface area contributed by atoms with E-state index in [0.29, 0.717) is 48.7 Å². The lowest BCUT2D eigenvalue weighted by atomic mass is 10.1. The van der Waals surface area contributed by atoms with Gasteiger partial charge in [0.1, 0.15) is 12.4 Å². The molecule has 168 valence electrons. The number of likely N-dealkylation sites (tertiary alicyclic amines) is 1. The van der Waals surface area contributed by atoms with Crippen molar-refractivity contribution in [3.8, 4) is 11.6 Å². The van der Waals surface area contributed by atoms with Crippen molar-refractivity contribution in [2.45, 2.75) is 37.8 Å². The molecule has 31 heavy (non-hydrogen) atoms. The molecular formula is C19H25N5O6S. The van der Waals surface area contributed by atoms with Crippen LogP contribution in [0.2, 0.25) is 0 Å². The number of aromatic nitrogens is 3. The van der Waals surface area contributed by atoms with Gasteiger partial charge in [-0.1, -0.05) is 0 Å². The van der Waals surface area contributed by atoms with Crippen LogP contribution in [-0.2, 0) is 9.84 Å². The van der Waals surface area contributed by atoms with Gasteiger partial charge in [0, 0.05) is 32.2 Å². The minimum Gasteiger partial charge on any atom is -0.489 e. The molecule has 2 N–H and O–H groups in total. The second-order valence-corrected chi connectivity index (χ2v) is 9.25. The Bertz CT molecular complexity index is 1060. The van der Waals surface area contributed by atoms with Crippen molar-refractivity contribution in [2.24, 2.45) is 0 Å². The number of carboxylic acid groups (broad SMARTS) is 1. The Balaban J connectivity index is 1.83. The third kappa shape index (κ3) is 5.13. The number of aryl methyl sites for hydroxylation is 2. The lowest BCUT2D eigenvalue weighted by Crippen LogP contribution is -2.41. The molecule has 12 heteroatoms. The zero-order chi connectivity index (χ0) is 22.8. The normalized spacial score (nSPS) is 14.9. The number of hydrogen-bond acceptors (Lipinski definition) is 9. The van der Waals surface area contributed by atoms with Gasteiger partial charge in [0.2, 0.25) is 5.75 Å². The molecule has 2 aromatic heterocycles. The zero-order valence-electron chi connectivity index (χ0n) is 17.7. The first-order chi connectivity index (χ1) is 14.6. The molecule has 1 amide bonds. The van der Waals surface area contributed by atoms with Gasteiger partial charge in [-0.25, -0.2) is 23.2 Å². The van der Waals surface area contributed by atoms with Crippen LogP contribution in [0, 0.1) is 13.8 Å². The summed E-state index contributed by atoms with van der Waals surface area (Å²) in [5.41, 5.74) is 1.77. The zero-order valence-corrected chi connectivity index (χ0v) is 18.6. The molecular weight excluding hydrogens is 426 g/mol. The highest BCUT2D eigenvalue weighted by molar-refractivity contribution is 7.90. The molecule has 0 radical (unpaired) electrons. The molecule has 1 fully saturated rings. The van der Waals surface area contributed by atoms with Gasteiger partial charge >= 0.3 is 6.09 Å². The van der Waals surface area contributed by atoms with E-state index in [1.165, 1.54) is 24.4 Å². The second-order valence-electron chi connectivity index (χ2n) is 7.28. The van der Waals surface area contributed by atoms with Crippen LogP contribution < -0.4 is 14.8 Å². The number of sulfone groups is 1. The molecule has 1 aliphatic rings. The number of pyridine rings is 1. The number of carbonyl (C=O) groups is 1. The van der Waals surface area contributed by atoms with Gasteiger partial charge in [-0.15, -0.1) is 0 Å². The van der Waals surface area contributed by atoms with Crippen LogP contribution in [0.5, 0.6) is 11.6 Å². The monoisotopic (exact) mass is 451 g/mol. The van der Waals surface area contributed by atoms with Crippen LogP contribution in [0.25, 0.3) is 0 Å². The summed E-state index contributed by atoms with van der Waals surface area (Å²) in [7, 11) is -1.97. The number of hydrogen-bond donors (Lipinski definition) is 2. The fourth-order valence-corrected chi connectivity index (χ4v) is 4.02. The third-order valence-electron chi connectivity index (χ3n) is 4.96. The third-order valence-corrected chi connectivity index (χ3v) is 5.93. The van der Waals surface area contributed by atoms with Crippen molar-refractivity contribution < 1.29 is 27.8 Å². The molecule has 11 nitrogen and oxygen atoms in total. The van der Waals surface area contributed by atoms with Crippen molar-refractivity contribution in [2.75, 3.05) is 31.8 Å². The van der Waals surface area contributed by atoms with Crippen molar-refractivity contribution in [1.29, 1.82) is 0 Å². The van der Waals surface area contributed by atoms with Crippen LogP contribution in [0.4, 0.5) is 16.3 Å². The first-order valence-corrected chi connectivity index (χ1v) is 11.5. The van der Waals surface area contributed by atoms with Gasteiger partial charge < -0.3 is 24.8 Å². The second kappa shape index (κ2) is 8.92. The van der Waals surface area contributed by atoms with E-state index in [1.54, 1.807) is 13.8 Å². The highest BCUT2D eigenvalue weighted by atomic mass is 32.2. The standard InChI is InChI=1S/C19H25N5O6S/c1-11-9-14(31(4,27)28)22-12(2)15(11)23-17-16(29-3)18(21-10-20-17)30-13-5-7-24(8-6-13)19(25)26/h9-10,13H,5-8H2,1-4H3,(H,25,26)(H,20,21,23). The maximum Gasteiger partial charge on any atom is 0.407 e. The van der Waals surface area contributed by atoms with E-state index in [4.69, 9.17) is 14.6 Å². The predicted molar refractivity (Wildman–Crippen MR) is 112 cm³/mol. The summed E-state index contributed by atoms with van der Waals surface area (Å²) >= 11 is 0. The molecule has 3 rings (SSSR count). The summed E-state index contributed by atoms with van der Waals surface area (Å²) in [5.74, 6) is 0.870. The molecule has 2 aromatic rings. The van der Waals surface area contributed by atoms with Gasteiger partial charge in [-0.3, -0.25) is 0 Å². The van der Waals surface area contributed by atoms with Gasteiger partial charge in [-0.05, 0) is 25.5 Å². The maximum absolute atomic E-state index is 11.8. The highest BCUT2D eigenvalue weighted by Crippen LogP contribution is 2.36. The minimum atomic E-state index is -3.43. The summed E-state index contributed by atoms with van der Waals surface area (Å²) in [6.45, 7) is 4.24. The molecule has 0 spiro atoms. The van der Waals surface area contributed by atoms with Crippen LogP contribution in [-0.4, -0.2) is 72.0 Å². The van der Waals surface area contributed by atoms with Gasteiger partial charge in [0.15, 0.2) is 20.7 Å². The molecule has 0 aliphatic carbocycles. The Hall–Kier alpha value is -3.15. The summed E-state index contributed by atoms with van der Waals surface area (Å²) in [6, 6.07) is 1.49. The van der Waals surface area contributed by atoms with E-state index in [2.05, 4.69) is 20.3 Å². The summed E-state index contributed by atoms with van der Waals surface area (Å²) in [6.07, 6.45) is 2.38. The smallest absolute Gasteiger partial charge is 0.407 e. The number of ether oxygens (including phenoxy) is 2. The Labute approximate surface area is 180 Å². The van der Waals surface area contributed by atoms with E-state index >= 15 is 0 Å². The summed E-state index contributed by atoms with van der Waals surface area (Å²) < 4.78 is 35.1. The highest BCUT2D eigenvalue weighted by Gasteiger charge is 2.26. The van der Waals surface area contributed by atoms with E-state index in [9.17, 15) is 13.2 Å². The van der Waals surface area contributed by atoms with Crippen LogP contribution >= 0.6 is 0 Å². The first kappa shape index (κ1) is 22.5. The summed E-state index contributed by atoms with van der Waals surface area (Å²) in [5, 5.41) is 12.2. The van der Waals surface area contributed by atoms with E-state index in [0.717, 1.165) is 6.26 Å². The quantitative estimate of drug-likeness (QED) is 0.670. The first-order valence-electron chi connectivity index (χ1n) is 9.59. The molecule has 3 heterocycles. The molecule has 0 atom stereocenters. The van der Waals surface area contributed by atoms with Gasteiger partial charge in [0.25, 0.3) is 5.88 Å². The summed E-state index contributed by atoms with van der Waals surface area (Å²) in [4.78, 5) is 25.0. The number of methoxy groups -OCH3 is 1. The van der Waals surface area contributed by atoms with Gasteiger partial charge in [0.05, 0.1) is 18.5 Å². The van der Waals surface area contributed by atoms with E-state index in [-0.39, 0.29) is 22.8 Å². The van der Waals surface area contributed by atoms with Crippen LogP contribution in [0.1, 0.15) is 24.1 Å². The number of anilines is 2. The molecule has 0 saturated carbocycles. The van der Waals surface area contributed by atoms with Crippen molar-refractivity contribution in [1.82, 2.24) is 19.9 Å². The van der Waals surface area contributed by atoms with Crippen LogP contribution in [0.3, 0.4) is 0 Å². The predicted octanol–water partition coefficient (Wildman–Crippen LogP) is 2.17. The lowest BCUT2D eigenvalue weighted by molar-refractivity contribution is 0.0852. The molecule has 0 aromatic carbocycles. The van der Waals surface area contributed by atoms with Crippen molar-refractivity contribution >= 4 is 27.4 Å². The average molecular weight is 452 g/mol. The number of piperidine rings is 1. The number of nitrogens with zero attached hydrogens (tertiary/aromatic N) is 4. The van der Waals surface area contributed by atoms with Crippen molar-refractivity contribution in [3.63, 3.8) is 0 Å². The van der Waals surface area contributed by atoms with Crippen molar-refractivity contribution in [3.05, 3.63) is 23.7 Å². The van der Waals surface area contributed by atoms with Gasteiger partial charge in [-0.2, -0.15) is 4.98 Å². The largest absolute Gasteiger partial charge is 0.489 e. The Morgan fingerprint density at radius 1 is 1.26 bits per heavy atom. The fraction of sp³-hybridized carbons (Fsp3) is 0.474. The molecule has 0 bridgehead atoms. The Kier molecular flexibility index (Phi) is 6.48. The maximum atomic E-state index is 11.8. The fourth-order valence-electron chi connectivity index (χ4n) is 3.33. The lowest BCUT2D eigenvalue weighted by Gasteiger charge is -2.30. The minimum absolute atomic E-state index is 0.000530. The number of rotatable bonds is 6. The SMILES string of the molecule is COc1c(Nc2c(C)cc(S(C)(=O)=O)nc2C)ncnc1OC1CCN(C(=O)O)CC1. The van der Waals surface area contributed by atoms with E-state index in [1.807, 2.05) is 0 Å². The molecule has 1 aliphatic heterocycles. The Morgan fingerprint density at radius 2 is 1.94 bits per heavy atom. The average Bonchev–Trinajstić information content (AvgIpc) is 2.70. The Morgan fingerprint density at radius 3 is 2.48 bits per heavy atom. The molecule has 1 saturated heterocycles. The topological polar surface area (TPSA) is 144 Å². The number of nitrogens with one attached hydrogen (secondary N) is 1. The molecule has 0 unspecified atom stereocenters. The van der Waals surface area contributed by atoms with Crippen LogP contribution in [0.15, 0.2) is 17.4 Å². The van der Waals surface area contributed by atoms with E-state index < -0.39 is 15.9 Å².